The lowest BCUT2D eigenvalue weighted by Gasteiger charge is -2.05. The number of halogens is 4. The number of rotatable bonds is 2. The average molecular weight is 413 g/mol. The molecule has 0 bridgehead atoms. The van der Waals surface area contributed by atoms with Crippen molar-refractivity contribution in [1.82, 2.24) is 9.78 Å². The van der Waals surface area contributed by atoms with Crippen LogP contribution < -0.4 is 0 Å². The van der Waals surface area contributed by atoms with Crippen LogP contribution in [0, 0.1) is 5.82 Å². The van der Waals surface area contributed by atoms with Crippen molar-refractivity contribution >= 4 is 47.8 Å². The maximum atomic E-state index is 13.6. The van der Waals surface area contributed by atoms with Gasteiger partial charge < -0.3 is 0 Å². The molecule has 2 nitrogen and oxygen atoms in total. The molecule has 2 aromatic rings. The Morgan fingerprint density at radius 2 is 1.94 bits per heavy atom. The summed E-state index contributed by atoms with van der Waals surface area (Å²) in [4.78, 5) is 0. The molecule has 0 fully saturated rings. The molecule has 0 aliphatic carbocycles. The van der Waals surface area contributed by atoms with E-state index in [0.29, 0.717) is 12.1 Å². The van der Waals surface area contributed by atoms with Crippen molar-refractivity contribution in [2.24, 2.45) is 0 Å². The highest BCUT2D eigenvalue weighted by atomic mass is 79.9. The Labute approximate surface area is 117 Å². The Bertz CT molecular complexity index is 525. The molecule has 1 heterocycles. The van der Waals surface area contributed by atoms with Crippen molar-refractivity contribution in [3.8, 4) is 0 Å². The van der Waals surface area contributed by atoms with Crippen LogP contribution in [-0.4, -0.2) is 9.78 Å². The van der Waals surface area contributed by atoms with Gasteiger partial charge in [-0.3, -0.25) is 4.68 Å². The third-order valence-electron chi connectivity index (χ3n) is 2.04. The second kappa shape index (κ2) is 4.98. The monoisotopic (exact) mass is 410 g/mol. The lowest BCUT2D eigenvalue weighted by Crippen LogP contribution is -2.03. The van der Waals surface area contributed by atoms with E-state index in [2.05, 4.69) is 52.9 Å². The van der Waals surface area contributed by atoms with Gasteiger partial charge >= 0.3 is 0 Å². The molecule has 1 aromatic carbocycles. The molecule has 0 spiro atoms. The fourth-order valence-corrected chi connectivity index (χ4v) is 2.76. The van der Waals surface area contributed by atoms with Crippen molar-refractivity contribution in [2.45, 2.75) is 6.54 Å². The van der Waals surface area contributed by atoms with E-state index in [1.54, 1.807) is 10.7 Å². The Morgan fingerprint density at radius 3 is 2.50 bits per heavy atom. The minimum absolute atomic E-state index is 0.243. The summed E-state index contributed by atoms with van der Waals surface area (Å²) in [6.07, 6.45) is 0. The summed E-state index contributed by atoms with van der Waals surface area (Å²) >= 11 is 9.84. The fraction of sp³-hybridized carbons (Fsp3) is 0.100. The lowest BCUT2D eigenvalue weighted by atomic mass is 10.2. The van der Waals surface area contributed by atoms with E-state index in [0.717, 1.165) is 13.7 Å². The van der Waals surface area contributed by atoms with Gasteiger partial charge in [0.1, 0.15) is 15.0 Å². The van der Waals surface area contributed by atoms with E-state index >= 15 is 0 Å². The largest absolute Gasteiger partial charge is 0.253 e. The molecule has 0 saturated heterocycles. The Kier molecular flexibility index (Phi) is 3.81. The summed E-state index contributed by atoms with van der Waals surface area (Å²) < 4.78 is 17.5. The second-order valence-electron chi connectivity index (χ2n) is 3.18. The number of benzene rings is 1. The van der Waals surface area contributed by atoms with Crippen LogP contribution in [0.3, 0.4) is 0 Å². The van der Waals surface area contributed by atoms with Gasteiger partial charge in [0, 0.05) is 16.1 Å². The van der Waals surface area contributed by atoms with Crippen LogP contribution in [0.4, 0.5) is 4.39 Å². The van der Waals surface area contributed by atoms with E-state index < -0.39 is 0 Å². The van der Waals surface area contributed by atoms with Gasteiger partial charge in [0.15, 0.2) is 0 Å². The van der Waals surface area contributed by atoms with Crippen molar-refractivity contribution in [1.29, 1.82) is 0 Å². The Morgan fingerprint density at radius 1 is 1.19 bits per heavy atom. The summed E-state index contributed by atoms with van der Waals surface area (Å²) in [5.41, 5.74) is 0.597. The van der Waals surface area contributed by atoms with Crippen LogP contribution in [0.5, 0.6) is 0 Å². The SMILES string of the molecule is Fc1cc(Br)ccc1Cn1nc(Br)cc1Br. The van der Waals surface area contributed by atoms with E-state index in [1.165, 1.54) is 6.07 Å². The number of hydrogen-bond donors (Lipinski definition) is 0. The first-order valence-electron chi connectivity index (χ1n) is 4.39. The van der Waals surface area contributed by atoms with Crippen LogP contribution in [0.15, 0.2) is 37.9 Å². The Balaban J connectivity index is 2.30. The molecule has 16 heavy (non-hydrogen) atoms. The molecule has 1 aromatic heterocycles. The molecule has 84 valence electrons. The predicted molar refractivity (Wildman–Crippen MR) is 70.8 cm³/mol. The van der Waals surface area contributed by atoms with Gasteiger partial charge in [-0.1, -0.05) is 22.0 Å². The van der Waals surface area contributed by atoms with Gasteiger partial charge in [0.05, 0.1) is 6.54 Å². The second-order valence-corrected chi connectivity index (χ2v) is 5.72. The van der Waals surface area contributed by atoms with Crippen LogP contribution in [-0.2, 0) is 6.54 Å². The molecule has 0 radical (unpaired) electrons. The third-order valence-corrected chi connectivity index (χ3v) is 3.56. The molecule has 6 heteroatoms. The molecule has 0 saturated carbocycles. The van der Waals surface area contributed by atoms with Gasteiger partial charge in [-0.15, -0.1) is 0 Å². The molecule has 0 atom stereocenters. The number of aromatic nitrogens is 2. The van der Waals surface area contributed by atoms with E-state index in [9.17, 15) is 4.39 Å². The topological polar surface area (TPSA) is 17.8 Å². The average Bonchev–Trinajstić information content (AvgIpc) is 2.50. The predicted octanol–water partition coefficient (Wildman–Crippen LogP) is 4.36. The lowest BCUT2D eigenvalue weighted by molar-refractivity contribution is 0.580. The smallest absolute Gasteiger partial charge is 0.129 e. The standard InChI is InChI=1S/C10H6Br3FN2/c11-7-2-1-6(8(14)3-7)5-16-10(13)4-9(12)15-16/h1-4H,5H2. The minimum Gasteiger partial charge on any atom is -0.253 e. The van der Waals surface area contributed by atoms with Crippen LogP contribution in [0.1, 0.15) is 5.56 Å². The fourth-order valence-electron chi connectivity index (χ4n) is 1.29. The van der Waals surface area contributed by atoms with Crippen molar-refractivity contribution in [3.63, 3.8) is 0 Å². The molecular formula is C10H6Br3FN2. The van der Waals surface area contributed by atoms with Gasteiger partial charge in [0.2, 0.25) is 0 Å². The van der Waals surface area contributed by atoms with Crippen LogP contribution >= 0.6 is 47.8 Å². The van der Waals surface area contributed by atoms with Crippen molar-refractivity contribution < 1.29 is 4.39 Å². The molecule has 0 aliphatic rings. The highest BCUT2D eigenvalue weighted by Gasteiger charge is 2.07. The quantitative estimate of drug-likeness (QED) is 0.716. The zero-order valence-electron chi connectivity index (χ0n) is 7.92. The maximum absolute atomic E-state index is 13.6. The molecular weight excluding hydrogens is 407 g/mol. The van der Waals surface area contributed by atoms with E-state index in [-0.39, 0.29) is 5.82 Å². The van der Waals surface area contributed by atoms with Crippen LogP contribution in [0.2, 0.25) is 0 Å². The first-order chi connectivity index (χ1) is 7.56. The first kappa shape index (κ1) is 12.3. The van der Waals surface area contributed by atoms with Gasteiger partial charge in [0.25, 0.3) is 0 Å². The highest BCUT2D eigenvalue weighted by molar-refractivity contribution is 9.11. The van der Waals surface area contributed by atoms with E-state index in [1.807, 2.05) is 12.1 Å². The summed E-state index contributed by atoms with van der Waals surface area (Å²) in [6.45, 7) is 0.394. The van der Waals surface area contributed by atoms with Gasteiger partial charge in [-0.2, -0.15) is 5.10 Å². The minimum atomic E-state index is -0.243. The molecule has 0 unspecified atom stereocenters. The molecule has 2 rings (SSSR count). The summed E-state index contributed by atoms with van der Waals surface area (Å²) in [6, 6.07) is 6.81. The first-order valence-corrected chi connectivity index (χ1v) is 6.77. The number of nitrogens with zero attached hydrogens (tertiary/aromatic N) is 2. The molecule has 0 N–H and O–H groups in total. The van der Waals surface area contributed by atoms with Crippen molar-refractivity contribution in [3.05, 3.63) is 49.3 Å². The number of hydrogen-bond acceptors (Lipinski definition) is 1. The normalized spacial score (nSPS) is 10.8. The highest BCUT2D eigenvalue weighted by Crippen LogP contribution is 2.20. The summed E-state index contributed by atoms with van der Waals surface area (Å²) in [7, 11) is 0. The third kappa shape index (κ3) is 2.73. The molecule has 0 aliphatic heterocycles. The van der Waals surface area contributed by atoms with E-state index in [4.69, 9.17) is 0 Å². The van der Waals surface area contributed by atoms with Gasteiger partial charge in [-0.25, -0.2) is 4.39 Å². The maximum Gasteiger partial charge on any atom is 0.129 e. The zero-order chi connectivity index (χ0) is 11.7. The summed E-state index contributed by atoms with van der Waals surface area (Å²) in [5, 5.41) is 4.18. The Hall–Kier alpha value is -0.200. The summed E-state index contributed by atoms with van der Waals surface area (Å²) in [5.74, 6) is -0.243. The van der Waals surface area contributed by atoms with Gasteiger partial charge in [-0.05, 0) is 44.0 Å². The molecule has 0 amide bonds. The van der Waals surface area contributed by atoms with Crippen LogP contribution in [0.25, 0.3) is 0 Å². The van der Waals surface area contributed by atoms with Crippen molar-refractivity contribution in [2.75, 3.05) is 0 Å². The zero-order valence-corrected chi connectivity index (χ0v) is 12.7.